The molecule has 11 heteroatoms. The summed E-state index contributed by atoms with van der Waals surface area (Å²) in [6.45, 7) is 3.43. The van der Waals surface area contributed by atoms with Gasteiger partial charge < -0.3 is 5.32 Å². The molecule has 2 rings (SSSR count). The molecule has 0 unspecified atom stereocenters. The van der Waals surface area contributed by atoms with Gasteiger partial charge in [0.2, 0.25) is 15.9 Å². The molecule has 1 amide bonds. The molecule has 0 fully saturated rings. The summed E-state index contributed by atoms with van der Waals surface area (Å²) >= 11 is 0. The second-order valence-corrected chi connectivity index (χ2v) is 7.93. The van der Waals surface area contributed by atoms with Crippen molar-refractivity contribution in [1.29, 1.82) is 0 Å². The van der Waals surface area contributed by atoms with Crippen LogP contribution in [0.5, 0.6) is 0 Å². The Morgan fingerprint density at radius 1 is 1.29 bits per heavy atom. The molecule has 0 saturated carbocycles. The van der Waals surface area contributed by atoms with Gasteiger partial charge in [0.1, 0.15) is 0 Å². The maximum atomic E-state index is 13.0. The van der Waals surface area contributed by atoms with Crippen molar-refractivity contribution in [2.45, 2.75) is 43.8 Å². The Morgan fingerprint density at radius 3 is 2.57 bits per heavy atom. The number of hydrogen-bond acceptors (Lipinski definition) is 4. The largest absolute Gasteiger partial charge is 0.417 e. The summed E-state index contributed by atoms with van der Waals surface area (Å²) in [6, 6.07) is 2.58. The van der Waals surface area contributed by atoms with Crippen molar-refractivity contribution < 1.29 is 26.4 Å². The van der Waals surface area contributed by atoms with E-state index in [1.165, 1.54) is 13.0 Å². The Labute approximate surface area is 160 Å². The first-order valence-corrected chi connectivity index (χ1v) is 9.96. The van der Waals surface area contributed by atoms with Crippen LogP contribution in [0.15, 0.2) is 35.4 Å². The predicted molar refractivity (Wildman–Crippen MR) is 95.9 cm³/mol. The quantitative estimate of drug-likeness (QED) is 0.572. The number of benzene rings is 1. The number of aromatic amines is 1. The lowest BCUT2D eigenvalue weighted by atomic mass is 10.1. The van der Waals surface area contributed by atoms with E-state index in [2.05, 4.69) is 15.5 Å². The molecule has 0 bridgehead atoms. The summed E-state index contributed by atoms with van der Waals surface area (Å²) < 4.78 is 65.8. The van der Waals surface area contributed by atoms with Crippen LogP contribution in [0.25, 0.3) is 0 Å². The molecule has 1 aromatic heterocycles. The van der Waals surface area contributed by atoms with Crippen molar-refractivity contribution in [2.24, 2.45) is 0 Å². The number of hydrogen-bond donors (Lipinski definition) is 3. The van der Waals surface area contributed by atoms with Crippen LogP contribution in [0, 0.1) is 6.92 Å². The molecular weight excluding hydrogens is 397 g/mol. The maximum Gasteiger partial charge on any atom is 0.417 e. The molecule has 1 aromatic carbocycles. The third kappa shape index (κ3) is 5.55. The van der Waals surface area contributed by atoms with Gasteiger partial charge in [-0.2, -0.15) is 23.0 Å². The summed E-state index contributed by atoms with van der Waals surface area (Å²) in [5.41, 5.74) is 0.646. The number of halogens is 3. The van der Waals surface area contributed by atoms with Crippen LogP contribution in [0.3, 0.4) is 0 Å². The average molecular weight is 418 g/mol. The number of sulfonamides is 1. The zero-order valence-corrected chi connectivity index (χ0v) is 16.1. The number of aromatic nitrogens is 2. The van der Waals surface area contributed by atoms with Gasteiger partial charge in [-0.15, -0.1) is 0 Å². The SMILES string of the molecule is Cc1[nH]ncc1CCCNC(=O)[C@H](C)NS(=O)(=O)c1ccccc1C(F)(F)F. The summed E-state index contributed by atoms with van der Waals surface area (Å²) in [5.74, 6) is -0.628. The normalized spacial score (nSPS) is 13.3. The molecule has 0 aliphatic rings. The van der Waals surface area contributed by atoms with Gasteiger partial charge in [-0.3, -0.25) is 9.89 Å². The highest BCUT2D eigenvalue weighted by atomic mass is 32.2. The van der Waals surface area contributed by atoms with Crippen LogP contribution >= 0.6 is 0 Å². The fourth-order valence-electron chi connectivity index (χ4n) is 2.56. The molecule has 1 heterocycles. The minimum atomic E-state index is -4.83. The second-order valence-electron chi connectivity index (χ2n) is 6.25. The molecule has 154 valence electrons. The zero-order valence-electron chi connectivity index (χ0n) is 15.3. The molecule has 3 N–H and O–H groups in total. The molecule has 2 aromatic rings. The van der Waals surface area contributed by atoms with Gasteiger partial charge in [-0.1, -0.05) is 12.1 Å². The molecule has 0 aliphatic carbocycles. The molecule has 28 heavy (non-hydrogen) atoms. The second kappa shape index (κ2) is 8.74. The van der Waals surface area contributed by atoms with Gasteiger partial charge in [0.15, 0.2) is 0 Å². The van der Waals surface area contributed by atoms with E-state index in [9.17, 15) is 26.4 Å². The predicted octanol–water partition coefficient (Wildman–Crippen LogP) is 2.15. The molecule has 1 atom stereocenters. The van der Waals surface area contributed by atoms with Crippen LogP contribution in [-0.4, -0.2) is 37.1 Å². The van der Waals surface area contributed by atoms with Crippen LogP contribution in [0.2, 0.25) is 0 Å². The fourth-order valence-corrected chi connectivity index (χ4v) is 3.99. The third-order valence-electron chi connectivity index (χ3n) is 4.06. The van der Waals surface area contributed by atoms with E-state index < -0.39 is 38.6 Å². The van der Waals surface area contributed by atoms with Gasteiger partial charge >= 0.3 is 6.18 Å². The van der Waals surface area contributed by atoms with E-state index in [-0.39, 0.29) is 6.54 Å². The molecule has 0 radical (unpaired) electrons. The van der Waals surface area contributed by atoms with Crippen LogP contribution in [0.4, 0.5) is 13.2 Å². The van der Waals surface area contributed by atoms with Crippen molar-refractivity contribution in [3.05, 3.63) is 47.3 Å². The number of nitrogens with one attached hydrogen (secondary N) is 3. The number of carbonyl (C=O) groups is 1. The van der Waals surface area contributed by atoms with E-state index in [4.69, 9.17) is 0 Å². The van der Waals surface area contributed by atoms with E-state index in [1.807, 2.05) is 11.6 Å². The molecule has 7 nitrogen and oxygen atoms in total. The van der Waals surface area contributed by atoms with Gasteiger partial charge in [-0.05, 0) is 44.4 Å². The number of nitrogens with zero attached hydrogens (tertiary/aromatic N) is 1. The highest BCUT2D eigenvalue weighted by molar-refractivity contribution is 7.89. The Balaban J connectivity index is 1.95. The van der Waals surface area contributed by atoms with E-state index in [1.54, 1.807) is 6.20 Å². The minimum absolute atomic E-state index is 0.286. The Bertz CT molecular complexity index is 926. The Kier molecular flexibility index (Phi) is 6.83. The number of rotatable bonds is 8. The molecule has 0 spiro atoms. The summed E-state index contributed by atoms with van der Waals surface area (Å²) in [6.07, 6.45) is -1.88. The highest BCUT2D eigenvalue weighted by Gasteiger charge is 2.37. The highest BCUT2D eigenvalue weighted by Crippen LogP contribution is 2.33. The molecular formula is C17H21F3N4O3S. The number of aryl methyl sites for hydroxylation is 2. The standard InChI is InChI=1S/C17H21F3N4O3S/c1-11-13(10-22-23-11)6-5-9-21-16(25)12(2)24-28(26,27)15-8-4-3-7-14(15)17(18,19)20/h3-4,7-8,10,12,24H,5-6,9H2,1-2H3,(H,21,25)(H,22,23)/t12-/m0/s1. The van der Waals surface area contributed by atoms with Gasteiger partial charge in [-0.25, -0.2) is 8.42 Å². The van der Waals surface area contributed by atoms with Crippen molar-refractivity contribution in [3.63, 3.8) is 0 Å². The van der Waals surface area contributed by atoms with Crippen molar-refractivity contribution >= 4 is 15.9 Å². The lowest BCUT2D eigenvalue weighted by molar-refractivity contribution is -0.139. The van der Waals surface area contributed by atoms with E-state index in [0.29, 0.717) is 18.9 Å². The van der Waals surface area contributed by atoms with Crippen molar-refractivity contribution in [1.82, 2.24) is 20.2 Å². The first-order chi connectivity index (χ1) is 13.0. The minimum Gasteiger partial charge on any atom is -0.355 e. The van der Waals surface area contributed by atoms with Gasteiger partial charge in [0.25, 0.3) is 0 Å². The van der Waals surface area contributed by atoms with Crippen molar-refractivity contribution in [2.75, 3.05) is 6.54 Å². The lowest BCUT2D eigenvalue weighted by Crippen LogP contribution is -2.45. The van der Waals surface area contributed by atoms with Crippen LogP contribution in [0.1, 0.15) is 30.2 Å². The molecule has 0 saturated heterocycles. The zero-order chi connectivity index (χ0) is 20.9. The monoisotopic (exact) mass is 418 g/mol. The summed E-state index contributed by atoms with van der Waals surface area (Å²) in [4.78, 5) is 11.2. The van der Waals surface area contributed by atoms with Crippen LogP contribution in [-0.2, 0) is 27.4 Å². The van der Waals surface area contributed by atoms with E-state index >= 15 is 0 Å². The topological polar surface area (TPSA) is 104 Å². The average Bonchev–Trinajstić information content (AvgIpc) is 3.02. The van der Waals surface area contributed by atoms with Crippen LogP contribution < -0.4 is 10.0 Å². The summed E-state index contributed by atoms with van der Waals surface area (Å²) in [5, 5.41) is 9.25. The Hall–Kier alpha value is -2.40. The van der Waals surface area contributed by atoms with E-state index in [0.717, 1.165) is 23.4 Å². The third-order valence-corrected chi connectivity index (χ3v) is 5.66. The first kappa shape index (κ1) is 21.9. The van der Waals surface area contributed by atoms with Gasteiger partial charge in [0, 0.05) is 12.2 Å². The molecule has 0 aliphatic heterocycles. The number of alkyl halides is 3. The number of amides is 1. The summed E-state index contributed by atoms with van der Waals surface area (Å²) in [7, 11) is -4.53. The smallest absolute Gasteiger partial charge is 0.355 e. The maximum absolute atomic E-state index is 13.0. The Morgan fingerprint density at radius 2 is 1.96 bits per heavy atom. The fraction of sp³-hybridized carbons (Fsp3) is 0.412. The number of carbonyl (C=O) groups excluding carboxylic acids is 1. The number of H-pyrrole nitrogens is 1. The van der Waals surface area contributed by atoms with Crippen molar-refractivity contribution in [3.8, 4) is 0 Å². The van der Waals surface area contributed by atoms with Gasteiger partial charge in [0.05, 0.1) is 22.7 Å². The lowest BCUT2D eigenvalue weighted by Gasteiger charge is -2.17. The first-order valence-electron chi connectivity index (χ1n) is 8.47.